The van der Waals surface area contributed by atoms with E-state index in [0.29, 0.717) is 16.4 Å². The van der Waals surface area contributed by atoms with E-state index in [1.54, 1.807) is 12.1 Å². The zero-order chi connectivity index (χ0) is 15.4. The number of benzene rings is 1. The second-order valence-electron chi connectivity index (χ2n) is 4.30. The van der Waals surface area contributed by atoms with Crippen molar-refractivity contribution in [2.45, 2.75) is 6.42 Å². The number of nitrogens with two attached hydrogens (primary N) is 1. The van der Waals surface area contributed by atoms with Gasteiger partial charge in [0.15, 0.2) is 0 Å². The van der Waals surface area contributed by atoms with Gasteiger partial charge in [-0.05, 0) is 30.3 Å². The number of aromatic nitrogens is 1. The third-order valence-electron chi connectivity index (χ3n) is 2.68. The van der Waals surface area contributed by atoms with Crippen LogP contribution in [0.25, 0.3) is 0 Å². The highest BCUT2D eigenvalue weighted by atomic mass is 35.5. The molecule has 1 heterocycles. The van der Waals surface area contributed by atoms with Crippen LogP contribution in [0.2, 0.25) is 5.02 Å². The molecule has 0 aliphatic rings. The van der Waals surface area contributed by atoms with E-state index < -0.39 is 11.9 Å². The maximum Gasteiger partial charge on any atom is 0.337 e. The number of rotatable bonds is 4. The highest BCUT2D eigenvalue weighted by Crippen LogP contribution is 2.21. The van der Waals surface area contributed by atoms with Crippen molar-refractivity contribution >= 4 is 34.9 Å². The molecule has 21 heavy (non-hydrogen) atoms. The van der Waals surface area contributed by atoms with Crippen LogP contribution in [0.1, 0.15) is 16.1 Å². The van der Waals surface area contributed by atoms with E-state index in [2.05, 4.69) is 10.3 Å². The van der Waals surface area contributed by atoms with Crippen LogP contribution < -0.4 is 11.1 Å². The quantitative estimate of drug-likeness (QED) is 0.803. The zero-order valence-corrected chi connectivity index (χ0v) is 11.6. The van der Waals surface area contributed by atoms with Crippen LogP contribution in [0.4, 0.5) is 11.4 Å². The molecule has 7 heteroatoms. The molecule has 0 atom stereocenters. The van der Waals surface area contributed by atoms with Gasteiger partial charge in [-0.3, -0.25) is 9.78 Å². The first kappa shape index (κ1) is 14.8. The summed E-state index contributed by atoms with van der Waals surface area (Å²) in [5.41, 5.74) is 6.66. The SMILES string of the molecule is Nc1ccc(CC(=O)Nc2cc(Cl)ccc2C(=O)O)nc1. The number of carboxylic acids is 1. The fourth-order valence-electron chi connectivity index (χ4n) is 1.71. The number of carbonyl (C=O) groups excluding carboxylic acids is 1. The lowest BCUT2D eigenvalue weighted by atomic mass is 10.1. The molecule has 0 radical (unpaired) electrons. The fourth-order valence-corrected chi connectivity index (χ4v) is 1.88. The molecular weight excluding hydrogens is 294 g/mol. The third-order valence-corrected chi connectivity index (χ3v) is 2.91. The number of hydrogen-bond acceptors (Lipinski definition) is 4. The van der Waals surface area contributed by atoms with Gasteiger partial charge >= 0.3 is 5.97 Å². The predicted octanol–water partition coefficient (Wildman–Crippen LogP) is 2.20. The Morgan fingerprint density at radius 1 is 1.29 bits per heavy atom. The summed E-state index contributed by atoms with van der Waals surface area (Å²) >= 11 is 5.81. The lowest BCUT2D eigenvalue weighted by Gasteiger charge is -2.09. The Bertz CT molecular complexity index is 686. The molecule has 2 aromatic rings. The van der Waals surface area contributed by atoms with Crippen molar-refractivity contribution in [3.63, 3.8) is 0 Å². The Kier molecular flexibility index (Phi) is 4.39. The van der Waals surface area contributed by atoms with Crippen molar-refractivity contribution < 1.29 is 14.7 Å². The molecule has 0 saturated heterocycles. The topological polar surface area (TPSA) is 105 Å². The summed E-state index contributed by atoms with van der Waals surface area (Å²) in [5.74, 6) is -1.54. The number of halogens is 1. The number of carbonyl (C=O) groups is 2. The van der Waals surface area contributed by atoms with Gasteiger partial charge in [0.2, 0.25) is 5.91 Å². The maximum atomic E-state index is 11.9. The van der Waals surface area contributed by atoms with Crippen molar-refractivity contribution in [1.82, 2.24) is 4.98 Å². The number of amides is 1. The van der Waals surface area contributed by atoms with Crippen molar-refractivity contribution in [1.29, 1.82) is 0 Å². The number of nitrogens with one attached hydrogen (secondary N) is 1. The summed E-state index contributed by atoms with van der Waals surface area (Å²) in [6, 6.07) is 7.44. The highest BCUT2D eigenvalue weighted by Gasteiger charge is 2.13. The predicted molar refractivity (Wildman–Crippen MR) is 79.4 cm³/mol. The average Bonchev–Trinajstić information content (AvgIpc) is 2.41. The Morgan fingerprint density at radius 3 is 2.67 bits per heavy atom. The lowest BCUT2D eigenvalue weighted by Crippen LogP contribution is -2.17. The van der Waals surface area contributed by atoms with E-state index in [1.807, 2.05) is 0 Å². The third kappa shape index (κ3) is 3.93. The standard InChI is InChI=1S/C14H12ClN3O3/c15-8-1-4-11(14(20)21)12(5-8)18-13(19)6-10-3-2-9(16)7-17-10/h1-5,7H,6,16H2,(H,18,19)(H,20,21). The first-order valence-electron chi connectivity index (χ1n) is 5.99. The van der Waals surface area contributed by atoms with Crippen LogP contribution >= 0.6 is 11.6 Å². The Hall–Kier alpha value is -2.60. The van der Waals surface area contributed by atoms with Crippen molar-refractivity contribution in [3.8, 4) is 0 Å². The lowest BCUT2D eigenvalue weighted by molar-refractivity contribution is -0.115. The largest absolute Gasteiger partial charge is 0.478 e. The molecule has 0 unspecified atom stereocenters. The Balaban J connectivity index is 2.14. The van der Waals surface area contributed by atoms with Gasteiger partial charge in [0, 0.05) is 10.7 Å². The number of nitrogen functional groups attached to an aromatic ring is 1. The fraction of sp³-hybridized carbons (Fsp3) is 0.0714. The molecule has 1 aromatic heterocycles. The molecule has 0 spiro atoms. The number of nitrogens with zero attached hydrogens (tertiary/aromatic N) is 1. The van der Waals surface area contributed by atoms with Gasteiger partial charge < -0.3 is 16.2 Å². The minimum absolute atomic E-state index is 0.00581. The Labute approximate surface area is 125 Å². The first-order valence-corrected chi connectivity index (χ1v) is 6.36. The molecule has 2 rings (SSSR count). The summed E-state index contributed by atoms with van der Waals surface area (Å²) in [7, 11) is 0. The molecular formula is C14H12ClN3O3. The van der Waals surface area contributed by atoms with E-state index in [1.165, 1.54) is 24.4 Å². The zero-order valence-electron chi connectivity index (χ0n) is 10.8. The van der Waals surface area contributed by atoms with E-state index in [4.69, 9.17) is 22.4 Å². The molecule has 0 saturated carbocycles. The van der Waals surface area contributed by atoms with Gasteiger partial charge in [0.25, 0.3) is 0 Å². The van der Waals surface area contributed by atoms with E-state index in [9.17, 15) is 9.59 Å². The molecule has 0 aliphatic carbocycles. The first-order chi connectivity index (χ1) is 9.95. The van der Waals surface area contributed by atoms with Gasteiger partial charge in [-0.1, -0.05) is 11.6 Å². The maximum absolute atomic E-state index is 11.9. The van der Waals surface area contributed by atoms with E-state index in [0.717, 1.165) is 0 Å². The summed E-state index contributed by atoms with van der Waals surface area (Å²) in [6.07, 6.45) is 1.45. The van der Waals surface area contributed by atoms with Crippen molar-refractivity contribution in [2.24, 2.45) is 0 Å². The minimum Gasteiger partial charge on any atom is -0.478 e. The van der Waals surface area contributed by atoms with Gasteiger partial charge in [-0.2, -0.15) is 0 Å². The summed E-state index contributed by atoms with van der Waals surface area (Å²) < 4.78 is 0. The summed E-state index contributed by atoms with van der Waals surface area (Å²) in [5, 5.41) is 11.9. The van der Waals surface area contributed by atoms with Gasteiger partial charge in [-0.15, -0.1) is 0 Å². The van der Waals surface area contributed by atoms with Crippen LogP contribution in [0.15, 0.2) is 36.5 Å². The Morgan fingerprint density at radius 2 is 2.05 bits per heavy atom. The van der Waals surface area contributed by atoms with Gasteiger partial charge in [0.1, 0.15) is 0 Å². The molecule has 1 amide bonds. The normalized spacial score (nSPS) is 10.1. The summed E-state index contributed by atoms with van der Waals surface area (Å²) in [4.78, 5) is 27.0. The molecule has 0 aliphatic heterocycles. The summed E-state index contributed by atoms with van der Waals surface area (Å²) in [6.45, 7) is 0. The molecule has 6 nitrogen and oxygen atoms in total. The number of aromatic carboxylic acids is 1. The number of hydrogen-bond donors (Lipinski definition) is 3. The number of anilines is 2. The molecule has 0 bridgehead atoms. The second kappa shape index (κ2) is 6.23. The van der Waals surface area contributed by atoms with Crippen LogP contribution in [-0.2, 0) is 11.2 Å². The molecule has 108 valence electrons. The molecule has 4 N–H and O–H groups in total. The molecule has 1 aromatic carbocycles. The second-order valence-corrected chi connectivity index (χ2v) is 4.74. The molecule has 0 fully saturated rings. The van der Waals surface area contributed by atoms with Crippen LogP contribution in [0.5, 0.6) is 0 Å². The van der Waals surface area contributed by atoms with E-state index >= 15 is 0 Å². The highest BCUT2D eigenvalue weighted by molar-refractivity contribution is 6.31. The monoisotopic (exact) mass is 305 g/mol. The van der Waals surface area contributed by atoms with Gasteiger partial charge in [0.05, 0.1) is 29.6 Å². The smallest absolute Gasteiger partial charge is 0.337 e. The van der Waals surface area contributed by atoms with Crippen LogP contribution in [0, 0.1) is 0 Å². The van der Waals surface area contributed by atoms with Crippen molar-refractivity contribution in [3.05, 3.63) is 52.8 Å². The van der Waals surface area contributed by atoms with Crippen molar-refractivity contribution in [2.75, 3.05) is 11.1 Å². The average molecular weight is 306 g/mol. The van der Waals surface area contributed by atoms with Crippen LogP contribution in [-0.4, -0.2) is 22.0 Å². The number of pyridine rings is 1. The number of carboxylic acid groups (broad SMARTS) is 1. The minimum atomic E-state index is -1.15. The van der Waals surface area contributed by atoms with Crippen LogP contribution in [0.3, 0.4) is 0 Å². The van der Waals surface area contributed by atoms with Gasteiger partial charge in [-0.25, -0.2) is 4.79 Å². The van der Waals surface area contributed by atoms with E-state index in [-0.39, 0.29) is 17.7 Å².